The van der Waals surface area contributed by atoms with Gasteiger partial charge in [0.2, 0.25) is 0 Å². The number of hydrogen-bond acceptors (Lipinski definition) is 2. The zero-order chi connectivity index (χ0) is 7.82. The average molecular weight is 183 g/mol. The molecular weight excluding hydrogens is 168 g/mol. The van der Waals surface area contributed by atoms with Crippen molar-refractivity contribution >= 4 is 20.9 Å². The fourth-order valence-corrected chi connectivity index (χ4v) is 2.56. The first-order valence-electron chi connectivity index (χ1n) is 3.64. The van der Waals surface area contributed by atoms with Crippen molar-refractivity contribution in [2.45, 2.75) is 19.9 Å². The van der Waals surface area contributed by atoms with E-state index in [0.717, 1.165) is 19.3 Å². The molecule has 0 heterocycles. The van der Waals surface area contributed by atoms with E-state index in [4.69, 9.17) is 20.5 Å². The minimum absolute atomic E-state index is 0.650. The van der Waals surface area contributed by atoms with E-state index in [2.05, 4.69) is 0 Å². The van der Waals surface area contributed by atoms with Crippen LogP contribution in [0.2, 0.25) is 6.04 Å². The molecule has 0 aromatic heterocycles. The second-order valence-corrected chi connectivity index (χ2v) is 4.30. The van der Waals surface area contributed by atoms with Crippen molar-refractivity contribution in [3.8, 4) is 0 Å². The molecule has 0 fully saturated rings. The summed E-state index contributed by atoms with van der Waals surface area (Å²) in [5.74, 6) is 0.650. The Hall–Kier alpha value is 0.427. The summed E-state index contributed by atoms with van der Waals surface area (Å²) in [5, 5.41) is 0. The fraction of sp³-hybridized carbons (Fsp3) is 1.00. The lowest BCUT2D eigenvalue weighted by molar-refractivity contribution is 0.215. The lowest BCUT2D eigenvalue weighted by Gasteiger charge is -2.12. The van der Waals surface area contributed by atoms with Crippen LogP contribution in [-0.2, 0) is 8.85 Å². The maximum absolute atomic E-state index is 5.54. The van der Waals surface area contributed by atoms with Gasteiger partial charge < -0.3 is 8.85 Å². The van der Waals surface area contributed by atoms with Gasteiger partial charge in [-0.1, -0.05) is 0 Å². The summed E-state index contributed by atoms with van der Waals surface area (Å²) in [6.07, 6.45) is 0. The van der Waals surface area contributed by atoms with Gasteiger partial charge in [-0.3, -0.25) is 0 Å². The van der Waals surface area contributed by atoms with Crippen LogP contribution in [0.15, 0.2) is 0 Å². The Kier molecular flexibility index (Phi) is 7.85. The van der Waals surface area contributed by atoms with E-state index in [1.807, 2.05) is 13.8 Å². The number of halogens is 1. The summed E-state index contributed by atoms with van der Waals surface area (Å²) in [5.41, 5.74) is 0. The molecule has 62 valence electrons. The molecular formula is C6H15ClO2Si. The summed E-state index contributed by atoms with van der Waals surface area (Å²) in [7, 11) is -1.37. The lowest BCUT2D eigenvalue weighted by atomic mass is 10.9. The van der Waals surface area contributed by atoms with Crippen LogP contribution in [-0.4, -0.2) is 28.4 Å². The minimum atomic E-state index is -1.37. The van der Waals surface area contributed by atoms with Gasteiger partial charge in [0.15, 0.2) is 0 Å². The summed E-state index contributed by atoms with van der Waals surface area (Å²) < 4.78 is 10.7. The first-order chi connectivity index (χ1) is 4.85. The van der Waals surface area contributed by atoms with Crippen LogP contribution in [0.3, 0.4) is 0 Å². The molecule has 0 spiro atoms. The van der Waals surface area contributed by atoms with Gasteiger partial charge in [0.1, 0.15) is 0 Å². The minimum Gasteiger partial charge on any atom is -0.397 e. The number of alkyl halides is 1. The molecule has 0 aliphatic heterocycles. The van der Waals surface area contributed by atoms with Crippen molar-refractivity contribution in [2.75, 3.05) is 19.1 Å². The molecule has 0 saturated heterocycles. The summed E-state index contributed by atoms with van der Waals surface area (Å²) in [4.78, 5) is 0. The summed E-state index contributed by atoms with van der Waals surface area (Å²) in [6, 6.07) is 0.906. The van der Waals surface area contributed by atoms with Gasteiger partial charge >= 0.3 is 9.28 Å². The molecule has 2 nitrogen and oxygen atoms in total. The molecule has 0 N–H and O–H groups in total. The topological polar surface area (TPSA) is 18.5 Å². The first-order valence-corrected chi connectivity index (χ1v) is 5.93. The van der Waals surface area contributed by atoms with Crippen molar-refractivity contribution in [2.24, 2.45) is 0 Å². The molecule has 10 heavy (non-hydrogen) atoms. The highest BCUT2D eigenvalue weighted by atomic mass is 35.5. The third kappa shape index (κ3) is 5.23. The molecule has 0 aromatic rings. The third-order valence-electron chi connectivity index (χ3n) is 1.05. The van der Waals surface area contributed by atoms with Crippen LogP contribution in [0.1, 0.15) is 13.8 Å². The van der Waals surface area contributed by atoms with Crippen LogP contribution in [0.5, 0.6) is 0 Å². The van der Waals surface area contributed by atoms with Crippen LogP contribution in [0.4, 0.5) is 0 Å². The highest BCUT2D eigenvalue weighted by Gasteiger charge is 2.09. The lowest BCUT2D eigenvalue weighted by Crippen LogP contribution is -2.23. The van der Waals surface area contributed by atoms with E-state index in [0.29, 0.717) is 5.88 Å². The van der Waals surface area contributed by atoms with E-state index in [1.54, 1.807) is 0 Å². The maximum Gasteiger partial charge on any atom is 0.322 e. The maximum atomic E-state index is 5.54. The molecule has 4 heteroatoms. The zero-order valence-electron chi connectivity index (χ0n) is 6.60. The molecule has 0 aliphatic rings. The fourth-order valence-electron chi connectivity index (χ4n) is 0.676. The van der Waals surface area contributed by atoms with E-state index in [1.165, 1.54) is 0 Å². The zero-order valence-corrected chi connectivity index (χ0v) is 8.51. The van der Waals surface area contributed by atoms with Crippen LogP contribution in [0, 0.1) is 0 Å². The molecule has 0 atom stereocenters. The normalized spacial score (nSPS) is 10.8. The van der Waals surface area contributed by atoms with Gasteiger partial charge in [-0.2, -0.15) is 0 Å². The molecule has 0 aliphatic carbocycles. The SMILES string of the molecule is CCO[SiH](CCCl)OCC. The van der Waals surface area contributed by atoms with Crippen molar-refractivity contribution in [3.63, 3.8) is 0 Å². The molecule has 0 rings (SSSR count). The number of rotatable bonds is 6. The van der Waals surface area contributed by atoms with E-state index in [9.17, 15) is 0 Å². The van der Waals surface area contributed by atoms with Crippen LogP contribution in [0.25, 0.3) is 0 Å². The molecule has 0 bridgehead atoms. The Morgan fingerprint density at radius 1 is 1.20 bits per heavy atom. The van der Waals surface area contributed by atoms with Crippen LogP contribution >= 0.6 is 11.6 Å². The number of hydrogen-bond donors (Lipinski definition) is 0. The highest BCUT2D eigenvalue weighted by Crippen LogP contribution is 1.98. The smallest absolute Gasteiger partial charge is 0.322 e. The quantitative estimate of drug-likeness (QED) is 0.458. The predicted molar refractivity (Wildman–Crippen MR) is 45.9 cm³/mol. The second-order valence-electron chi connectivity index (χ2n) is 1.82. The van der Waals surface area contributed by atoms with Gasteiger partial charge in [-0.25, -0.2) is 0 Å². The predicted octanol–water partition coefficient (Wildman–Crippen LogP) is 1.52. The molecule has 0 aromatic carbocycles. The van der Waals surface area contributed by atoms with Gasteiger partial charge in [0.25, 0.3) is 0 Å². The average Bonchev–Trinajstić information content (AvgIpc) is 1.90. The van der Waals surface area contributed by atoms with E-state index >= 15 is 0 Å². The van der Waals surface area contributed by atoms with Crippen molar-refractivity contribution in [3.05, 3.63) is 0 Å². The largest absolute Gasteiger partial charge is 0.397 e. The standard InChI is InChI=1S/C6H15ClO2Si/c1-3-8-10(6-5-7)9-4-2/h10H,3-6H2,1-2H3. The third-order valence-corrected chi connectivity index (χ3v) is 3.80. The van der Waals surface area contributed by atoms with Crippen molar-refractivity contribution in [1.29, 1.82) is 0 Å². The Morgan fingerprint density at radius 3 is 2.00 bits per heavy atom. The van der Waals surface area contributed by atoms with E-state index in [-0.39, 0.29) is 0 Å². The van der Waals surface area contributed by atoms with E-state index < -0.39 is 9.28 Å². The molecule has 0 unspecified atom stereocenters. The van der Waals surface area contributed by atoms with Gasteiger partial charge in [-0.15, -0.1) is 11.6 Å². The van der Waals surface area contributed by atoms with Crippen LogP contribution < -0.4 is 0 Å². The molecule has 0 radical (unpaired) electrons. The molecule has 0 amide bonds. The summed E-state index contributed by atoms with van der Waals surface area (Å²) in [6.45, 7) is 5.45. The Bertz CT molecular complexity index is 58.5. The first kappa shape index (κ1) is 10.4. The monoisotopic (exact) mass is 182 g/mol. The Balaban J connectivity index is 3.30. The van der Waals surface area contributed by atoms with Crippen molar-refractivity contribution in [1.82, 2.24) is 0 Å². The summed E-state index contributed by atoms with van der Waals surface area (Å²) >= 11 is 5.54. The molecule has 0 saturated carbocycles. The Morgan fingerprint density at radius 2 is 1.70 bits per heavy atom. The Labute approximate surface area is 69.3 Å². The highest BCUT2D eigenvalue weighted by molar-refractivity contribution is 6.46. The van der Waals surface area contributed by atoms with Gasteiger partial charge in [0.05, 0.1) is 0 Å². The van der Waals surface area contributed by atoms with Crippen molar-refractivity contribution < 1.29 is 8.85 Å². The van der Waals surface area contributed by atoms with Gasteiger partial charge in [0, 0.05) is 25.1 Å². The second kappa shape index (κ2) is 7.53. The van der Waals surface area contributed by atoms with Gasteiger partial charge in [-0.05, 0) is 13.8 Å².